The summed E-state index contributed by atoms with van der Waals surface area (Å²) in [5, 5.41) is 10.2. The summed E-state index contributed by atoms with van der Waals surface area (Å²) in [7, 11) is 1.91. The third-order valence-corrected chi connectivity index (χ3v) is 4.80. The summed E-state index contributed by atoms with van der Waals surface area (Å²) in [6.45, 7) is 2.07. The highest BCUT2D eigenvalue weighted by molar-refractivity contribution is 5.93. The predicted octanol–water partition coefficient (Wildman–Crippen LogP) is 3.83. The highest BCUT2D eigenvalue weighted by atomic mass is 35.5. The molecule has 0 aliphatic heterocycles. The maximum Gasteiger partial charge on any atom is 0.257 e. The van der Waals surface area contributed by atoms with Crippen molar-refractivity contribution in [2.24, 2.45) is 5.92 Å². The number of aromatic nitrogens is 2. The highest BCUT2D eigenvalue weighted by Crippen LogP contribution is 2.26. The van der Waals surface area contributed by atoms with Crippen molar-refractivity contribution >= 4 is 24.0 Å². The number of nitrogens with one attached hydrogen (secondary N) is 2. The van der Waals surface area contributed by atoms with Crippen LogP contribution >= 0.6 is 12.4 Å². The maximum atomic E-state index is 12.4. The predicted molar refractivity (Wildman–Crippen MR) is 104 cm³/mol. The summed E-state index contributed by atoms with van der Waals surface area (Å²) in [4.78, 5) is 16.9. The zero-order valence-corrected chi connectivity index (χ0v) is 16.1. The summed E-state index contributed by atoms with van der Waals surface area (Å²) in [5.41, 5.74) is 1.59. The quantitative estimate of drug-likeness (QED) is 0.798. The first kappa shape index (κ1) is 20.4. The molecule has 6 nitrogen and oxygen atoms in total. The van der Waals surface area contributed by atoms with E-state index < -0.39 is 0 Å². The molecule has 1 saturated carbocycles. The Balaban J connectivity index is 0.00000243. The molecule has 2 N–H and O–H groups in total. The Morgan fingerprint density at radius 3 is 2.81 bits per heavy atom. The van der Waals surface area contributed by atoms with E-state index in [0.717, 1.165) is 36.9 Å². The van der Waals surface area contributed by atoms with Gasteiger partial charge in [0.25, 0.3) is 5.89 Å². The van der Waals surface area contributed by atoms with Gasteiger partial charge < -0.3 is 15.2 Å². The first-order chi connectivity index (χ1) is 12.2. The van der Waals surface area contributed by atoms with Crippen LogP contribution in [0.5, 0.6) is 0 Å². The molecule has 26 heavy (non-hydrogen) atoms. The number of amides is 1. The van der Waals surface area contributed by atoms with Crippen LogP contribution < -0.4 is 10.6 Å². The fourth-order valence-corrected chi connectivity index (χ4v) is 3.17. The fourth-order valence-electron chi connectivity index (χ4n) is 3.17. The molecule has 1 aromatic carbocycles. The first-order valence-corrected chi connectivity index (χ1v) is 9.07. The largest absolute Gasteiger partial charge is 0.334 e. The normalized spacial score (nSPS) is 15.9. The lowest BCUT2D eigenvalue weighted by atomic mass is 9.88. The van der Waals surface area contributed by atoms with Gasteiger partial charge in [-0.25, -0.2) is 0 Å². The van der Waals surface area contributed by atoms with E-state index in [2.05, 4.69) is 27.7 Å². The van der Waals surface area contributed by atoms with Crippen LogP contribution in [0.15, 0.2) is 28.8 Å². The van der Waals surface area contributed by atoms with Crippen molar-refractivity contribution in [2.45, 2.75) is 51.5 Å². The lowest BCUT2D eigenvalue weighted by molar-refractivity contribution is -0.120. The number of benzene rings is 1. The lowest BCUT2D eigenvalue weighted by Crippen LogP contribution is -2.24. The number of carbonyl (C=O) groups is 1. The van der Waals surface area contributed by atoms with Gasteiger partial charge in [0.2, 0.25) is 5.91 Å². The van der Waals surface area contributed by atoms with Crippen LogP contribution in [-0.2, 0) is 11.2 Å². The summed E-state index contributed by atoms with van der Waals surface area (Å²) < 4.78 is 5.37. The van der Waals surface area contributed by atoms with Crippen LogP contribution in [0.25, 0.3) is 11.5 Å². The van der Waals surface area contributed by atoms with Gasteiger partial charge in [-0.15, -0.1) is 12.4 Å². The van der Waals surface area contributed by atoms with Crippen LogP contribution in [0.4, 0.5) is 5.69 Å². The molecule has 1 fully saturated rings. The van der Waals surface area contributed by atoms with E-state index in [4.69, 9.17) is 4.52 Å². The Hall–Kier alpha value is -1.92. The molecule has 1 aliphatic carbocycles. The number of hydrogen-bond acceptors (Lipinski definition) is 5. The number of hydrogen-bond donors (Lipinski definition) is 2. The molecule has 0 saturated heterocycles. The van der Waals surface area contributed by atoms with Crippen LogP contribution in [0.2, 0.25) is 0 Å². The van der Waals surface area contributed by atoms with Crippen molar-refractivity contribution in [3.05, 3.63) is 30.1 Å². The minimum Gasteiger partial charge on any atom is -0.334 e. The van der Waals surface area contributed by atoms with Gasteiger partial charge in [-0.3, -0.25) is 4.79 Å². The van der Waals surface area contributed by atoms with E-state index in [9.17, 15) is 4.79 Å². The van der Waals surface area contributed by atoms with Crippen molar-refractivity contribution < 1.29 is 9.32 Å². The minimum absolute atomic E-state index is 0. The molecule has 0 bridgehead atoms. The van der Waals surface area contributed by atoms with Crippen molar-refractivity contribution in [1.29, 1.82) is 0 Å². The fraction of sp³-hybridized carbons (Fsp3) is 0.526. The van der Waals surface area contributed by atoms with Crippen LogP contribution in [0.3, 0.4) is 0 Å². The Morgan fingerprint density at radius 1 is 1.31 bits per heavy atom. The molecule has 3 rings (SSSR count). The zero-order chi connectivity index (χ0) is 17.6. The number of halogens is 1. The van der Waals surface area contributed by atoms with Crippen molar-refractivity contribution in [3.63, 3.8) is 0 Å². The summed E-state index contributed by atoms with van der Waals surface area (Å²) >= 11 is 0. The second-order valence-electron chi connectivity index (χ2n) is 6.81. The summed E-state index contributed by atoms with van der Waals surface area (Å²) in [5.74, 6) is 1.40. The minimum atomic E-state index is 0. The summed E-state index contributed by atoms with van der Waals surface area (Å²) in [6.07, 6.45) is 6.22. The van der Waals surface area contributed by atoms with Crippen LogP contribution in [0.1, 0.15) is 44.9 Å². The first-order valence-electron chi connectivity index (χ1n) is 9.07. The topological polar surface area (TPSA) is 80.0 Å². The number of nitrogens with zero attached hydrogens (tertiary/aromatic N) is 2. The smallest absolute Gasteiger partial charge is 0.257 e. The Bertz CT molecular complexity index is 713. The zero-order valence-electron chi connectivity index (χ0n) is 15.3. The highest BCUT2D eigenvalue weighted by Gasteiger charge is 2.21. The molecule has 1 unspecified atom stereocenters. The second-order valence-corrected chi connectivity index (χ2v) is 6.81. The number of likely N-dealkylation sites (N-methyl/N-ethyl adjacent to an activating group) is 1. The molecule has 0 radical (unpaired) electrons. The molecule has 1 atom stereocenters. The Labute approximate surface area is 160 Å². The number of anilines is 1. The van der Waals surface area contributed by atoms with Gasteiger partial charge in [0.1, 0.15) is 0 Å². The van der Waals surface area contributed by atoms with Crippen LogP contribution in [0, 0.1) is 5.92 Å². The Kier molecular flexibility index (Phi) is 7.60. The van der Waals surface area contributed by atoms with E-state index in [0.29, 0.717) is 18.1 Å². The van der Waals surface area contributed by atoms with E-state index in [1.54, 1.807) is 0 Å². The molecule has 1 heterocycles. The molecular weight excluding hydrogens is 352 g/mol. The van der Waals surface area contributed by atoms with Gasteiger partial charge in [-0.05, 0) is 45.0 Å². The molecule has 1 amide bonds. The molecular formula is C19H27ClN4O2. The van der Waals surface area contributed by atoms with Gasteiger partial charge in [0, 0.05) is 29.6 Å². The summed E-state index contributed by atoms with van der Waals surface area (Å²) in [6, 6.07) is 7.87. The number of carbonyl (C=O) groups excluding carboxylic acids is 1. The lowest BCUT2D eigenvalue weighted by Gasteiger charge is -2.20. The van der Waals surface area contributed by atoms with Gasteiger partial charge in [-0.2, -0.15) is 4.98 Å². The third kappa shape index (κ3) is 5.29. The molecule has 7 heteroatoms. The molecule has 0 spiro atoms. The maximum absolute atomic E-state index is 12.4. The SMILES string of the molecule is CNC(C)Cc1noc(-c2cccc(NC(=O)C3CCCCC3)c2)n1.Cl. The van der Waals surface area contributed by atoms with E-state index >= 15 is 0 Å². The van der Waals surface area contributed by atoms with Crippen LogP contribution in [-0.4, -0.2) is 29.1 Å². The van der Waals surface area contributed by atoms with E-state index in [1.165, 1.54) is 6.42 Å². The monoisotopic (exact) mass is 378 g/mol. The molecule has 1 aliphatic rings. The van der Waals surface area contributed by atoms with Gasteiger partial charge in [0.05, 0.1) is 0 Å². The second kappa shape index (κ2) is 9.69. The van der Waals surface area contributed by atoms with Crippen molar-refractivity contribution in [3.8, 4) is 11.5 Å². The van der Waals surface area contributed by atoms with Crippen molar-refractivity contribution in [2.75, 3.05) is 12.4 Å². The van der Waals surface area contributed by atoms with Gasteiger partial charge >= 0.3 is 0 Å². The number of rotatable bonds is 6. The van der Waals surface area contributed by atoms with E-state index in [-0.39, 0.29) is 30.3 Å². The van der Waals surface area contributed by atoms with Gasteiger partial charge in [0.15, 0.2) is 5.82 Å². The van der Waals surface area contributed by atoms with Gasteiger partial charge in [-0.1, -0.05) is 30.5 Å². The van der Waals surface area contributed by atoms with E-state index in [1.807, 2.05) is 31.3 Å². The van der Waals surface area contributed by atoms with Crippen molar-refractivity contribution in [1.82, 2.24) is 15.5 Å². The molecule has 2 aromatic rings. The average Bonchev–Trinajstić information content (AvgIpc) is 3.11. The standard InChI is InChI=1S/C19H26N4O2.ClH/c1-13(20-2)11-17-22-19(25-23-17)15-9-6-10-16(12-15)21-18(24)14-7-4-3-5-8-14;/h6,9-10,12-14,20H,3-5,7-8,11H2,1-2H3,(H,21,24);1H. The Morgan fingerprint density at radius 2 is 2.08 bits per heavy atom. The average molecular weight is 379 g/mol. The molecule has 142 valence electrons. The third-order valence-electron chi connectivity index (χ3n) is 4.80. The molecule has 1 aromatic heterocycles.